The van der Waals surface area contributed by atoms with Crippen LogP contribution in [0.3, 0.4) is 0 Å². The van der Waals surface area contributed by atoms with E-state index in [9.17, 15) is 14.4 Å². The van der Waals surface area contributed by atoms with Crippen molar-refractivity contribution in [2.45, 2.75) is 12.5 Å². The second-order valence-electron chi connectivity index (χ2n) is 3.46. The zero-order chi connectivity index (χ0) is 13.7. The molecule has 1 aromatic heterocycles. The van der Waals surface area contributed by atoms with E-state index in [0.29, 0.717) is 0 Å². The van der Waals surface area contributed by atoms with E-state index < -0.39 is 30.4 Å². The van der Waals surface area contributed by atoms with Crippen molar-refractivity contribution in [1.82, 2.24) is 15.1 Å². The third-order valence-electron chi connectivity index (χ3n) is 1.94. The van der Waals surface area contributed by atoms with Crippen LogP contribution < -0.4 is 10.6 Å². The highest BCUT2D eigenvalue weighted by molar-refractivity contribution is 5.92. The van der Waals surface area contributed by atoms with Gasteiger partial charge in [0, 0.05) is 19.3 Å². The van der Waals surface area contributed by atoms with E-state index >= 15 is 0 Å². The molecule has 1 rings (SSSR count). The van der Waals surface area contributed by atoms with Crippen molar-refractivity contribution < 1.29 is 24.6 Å². The number of anilines is 1. The highest BCUT2D eigenvalue weighted by Gasteiger charge is 2.23. The van der Waals surface area contributed by atoms with Gasteiger partial charge in [0.05, 0.1) is 6.42 Å². The van der Waals surface area contributed by atoms with Gasteiger partial charge in [0.2, 0.25) is 0 Å². The average Bonchev–Trinajstić information content (AvgIpc) is 2.62. The number of nitrogens with one attached hydrogen (secondary N) is 2. The number of carboxylic acid groups (broad SMARTS) is 2. The molecule has 1 heterocycles. The van der Waals surface area contributed by atoms with Gasteiger partial charge in [-0.2, -0.15) is 5.10 Å². The Morgan fingerprint density at radius 3 is 2.56 bits per heavy atom. The minimum Gasteiger partial charge on any atom is -0.481 e. The van der Waals surface area contributed by atoms with Crippen LogP contribution in [0.15, 0.2) is 12.3 Å². The van der Waals surface area contributed by atoms with Crippen molar-refractivity contribution in [3.05, 3.63) is 12.3 Å². The van der Waals surface area contributed by atoms with Crippen LogP contribution in [0.4, 0.5) is 10.6 Å². The Morgan fingerprint density at radius 1 is 1.44 bits per heavy atom. The molecular weight excluding hydrogens is 244 g/mol. The van der Waals surface area contributed by atoms with E-state index in [1.54, 1.807) is 13.2 Å². The summed E-state index contributed by atoms with van der Waals surface area (Å²) in [4.78, 5) is 32.5. The minimum absolute atomic E-state index is 0.231. The van der Waals surface area contributed by atoms with Gasteiger partial charge in [-0.25, -0.2) is 9.59 Å². The van der Waals surface area contributed by atoms with E-state index in [4.69, 9.17) is 10.2 Å². The second kappa shape index (κ2) is 5.66. The predicted molar refractivity (Wildman–Crippen MR) is 59.0 cm³/mol. The normalized spacial score (nSPS) is 11.6. The number of nitrogens with zero attached hydrogens (tertiary/aromatic N) is 2. The van der Waals surface area contributed by atoms with Gasteiger partial charge in [-0.15, -0.1) is 0 Å². The summed E-state index contributed by atoms with van der Waals surface area (Å²) < 4.78 is 1.45. The molecule has 0 aromatic carbocycles. The Balaban J connectivity index is 2.56. The third-order valence-corrected chi connectivity index (χ3v) is 1.94. The average molecular weight is 256 g/mol. The van der Waals surface area contributed by atoms with Crippen LogP contribution in [-0.4, -0.2) is 44.0 Å². The Hall–Kier alpha value is -2.58. The van der Waals surface area contributed by atoms with Crippen LogP contribution in [0.5, 0.6) is 0 Å². The summed E-state index contributed by atoms with van der Waals surface area (Å²) in [5.41, 5.74) is 0. The molecule has 2 amide bonds. The highest BCUT2D eigenvalue weighted by atomic mass is 16.4. The van der Waals surface area contributed by atoms with Gasteiger partial charge < -0.3 is 15.5 Å². The summed E-state index contributed by atoms with van der Waals surface area (Å²) in [6, 6.07) is -0.819. The Labute approximate surface area is 101 Å². The molecule has 0 saturated heterocycles. The SMILES string of the molecule is Cn1ccc(NC(=O)N[C@H](CC(=O)O)C(=O)O)n1. The summed E-state index contributed by atoms with van der Waals surface area (Å²) in [5, 5.41) is 25.4. The molecule has 4 N–H and O–H groups in total. The highest BCUT2D eigenvalue weighted by Crippen LogP contribution is 2.01. The summed E-state index contributed by atoms with van der Waals surface area (Å²) in [5.74, 6) is -2.51. The van der Waals surface area contributed by atoms with Crippen LogP contribution >= 0.6 is 0 Å². The first-order chi connectivity index (χ1) is 8.38. The lowest BCUT2D eigenvalue weighted by Crippen LogP contribution is -2.44. The number of urea groups is 1. The van der Waals surface area contributed by atoms with Gasteiger partial charge >= 0.3 is 18.0 Å². The Bertz CT molecular complexity index is 469. The summed E-state index contributed by atoms with van der Waals surface area (Å²) in [6.45, 7) is 0. The van der Waals surface area contributed by atoms with E-state index in [1.165, 1.54) is 10.7 Å². The number of carboxylic acids is 2. The fraction of sp³-hybridized carbons (Fsp3) is 0.333. The van der Waals surface area contributed by atoms with Crippen molar-refractivity contribution in [2.75, 3.05) is 5.32 Å². The van der Waals surface area contributed by atoms with Gasteiger partial charge in [0.1, 0.15) is 6.04 Å². The molecule has 98 valence electrons. The first kappa shape index (κ1) is 13.5. The fourth-order valence-electron chi connectivity index (χ4n) is 1.17. The largest absolute Gasteiger partial charge is 0.481 e. The molecule has 0 spiro atoms. The maximum absolute atomic E-state index is 11.4. The number of amides is 2. The van der Waals surface area contributed by atoms with Crippen molar-refractivity contribution in [1.29, 1.82) is 0 Å². The van der Waals surface area contributed by atoms with E-state index in [1.807, 2.05) is 5.32 Å². The summed E-state index contributed by atoms with van der Waals surface area (Å²) >= 11 is 0. The molecule has 9 heteroatoms. The first-order valence-corrected chi connectivity index (χ1v) is 4.90. The topological polar surface area (TPSA) is 134 Å². The van der Waals surface area contributed by atoms with Gasteiger partial charge in [0.25, 0.3) is 0 Å². The molecule has 1 atom stereocenters. The van der Waals surface area contributed by atoms with E-state index in [2.05, 4.69) is 10.4 Å². The molecule has 18 heavy (non-hydrogen) atoms. The van der Waals surface area contributed by atoms with E-state index in [-0.39, 0.29) is 5.82 Å². The molecule has 0 aliphatic carbocycles. The maximum Gasteiger partial charge on any atom is 0.326 e. The van der Waals surface area contributed by atoms with Crippen molar-refractivity contribution >= 4 is 23.8 Å². The van der Waals surface area contributed by atoms with Crippen LogP contribution in [0, 0.1) is 0 Å². The number of rotatable bonds is 5. The molecule has 1 aromatic rings. The number of aryl methyl sites for hydroxylation is 1. The zero-order valence-corrected chi connectivity index (χ0v) is 9.45. The van der Waals surface area contributed by atoms with E-state index in [0.717, 1.165) is 0 Å². The Morgan fingerprint density at radius 2 is 2.11 bits per heavy atom. The van der Waals surface area contributed by atoms with Crippen LogP contribution in [-0.2, 0) is 16.6 Å². The van der Waals surface area contributed by atoms with Gasteiger partial charge in [0.15, 0.2) is 5.82 Å². The monoisotopic (exact) mass is 256 g/mol. The lowest BCUT2D eigenvalue weighted by atomic mass is 10.2. The molecule has 0 aliphatic rings. The quantitative estimate of drug-likeness (QED) is 0.559. The number of hydrogen-bond donors (Lipinski definition) is 4. The third kappa shape index (κ3) is 4.12. The summed E-state index contributed by atoms with van der Waals surface area (Å²) in [6.07, 6.45) is 0.881. The van der Waals surface area contributed by atoms with Gasteiger partial charge in [-0.05, 0) is 0 Å². The number of carbonyl (C=O) groups excluding carboxylic acids is 1. The Kier molecular flexibility index (Phi) is 4.24. The molecular formula is C9H12N4O5. The maximum atomic E-state index is 11.4. The molecule has 0 radical (unpaired) electrons. The fourth-order valence-corrected chi connectivity index (χ4v) is 1.17. The van der Waals surface area contributed by atoms with Crippen LogP contribution in [0.25, 0.3) is 0 Å². The van der Waals surface area contributed by atoms with Crippen molar-refractivity contribution in [2.24, 2.45) is 7.05 Å². The molecule has 0 bridgehead atoms. The van der Waals surface area contributed by atoms with Gasteiger partial charge in [-0.1, -0.05) is 0 Å². The number of hydrogen-bond acceptors (Lipinski definition) is 4. The second-order valence-corrected chi connectivity index (χ2v) is 3.46. The number of aromatic nitrogens is 2. The number of carbonyl (C=O) groups is 3. The molecule has 0 aliphatic heterocycles. The lowest BCUT2D eigenvalue weighted by molar-refractivity contribution is -0.145. The van der Waals surface area contributed by atoms with Crippen molar-refractivity contribution in [3.63, 3.8) is 0 Å². The first-order valence-electron chi connectivity index (χ1n) is 4.90. The molecule has 0 fully saturated rings. The predicted octanol–water partition coefficient (Wildman–Crippen LogP) is -0.530. The smallest absolute Gasteiger partial charge is 0.326 e. The molecule has 0 saturated carbocycles. The summed E-state index contributed by atoms with van der Waals surface area (Å²) in [7, 11) is 1.65. The molecule has 9 nitrogen and oxygen atoms in total. The van der Waals surface area contributed by atoms with Crippen LogP contribution in [0.1, 0.15) is 6.42 Å². The standard InChI is InChI=1S/C9H12N4O5/c1-13-3-2-6(12-13)11-9(18)10-5(8(16)17)4-7(14)15/h2-3,5H,4H2,1H3,(H,14,15)(H,16,17)(H2,10,11,12,18)/t5-/m1/s1. The van der Waals surface area contributed by atoms with Crippen LogP contribution in [0.2, 0.25) is 0 Å². The van der Waals surface area contributed by atoms with Gasteiger partial charge in [-0.3, -0.25) is 14.8 Å². The minimum atomic E-state index is -1.49. The number of aliphatic carboxylic acids is 2. The lowest BCUT2D eigenvalue weighted by Gasteiger charge is -2.12. The zero-order valence-electron chi connectivity index (χ0n) is 9.45. The molecule has 0 unspecified atom stereocenters. The van der Waals surface area contributed by atoms with Crippen molar-refractivity contribution in [3.8, 4) is 0 Å².